The zero-order valence-corrected chi connectivity index (χ0v) is 18.2. The van der Waals surface area contributed by atoms with Crippen LogP contribution in [-0.4, -0.2) is 22.1 Å². The van der Waals surface area contributed by atoms with E-state index in [4.69, 9.17) is 0 Å². The Hall–Kier alpha value is -2.71. The van der Waals surface area contributed by atoms with E-state index < -0.39 is 10.8 Å². The van der Waals surface area contributed by atoms with Crippen LogP contribution in [0.1, 0.15) is 39.5 Å². The Kier molecular flexibility index (Phi) is 6.34. The number of nitrogens with zero attached hydrogens (tertiary/aromatic N) is 2. The summed E-state index contributed by atoms with van der Waals surface area (Å²) in [5.41, 5.74) is 2.91. The number of aryl methyl sites for hydroxylation is 2. The number of carbonyl (C=O) groups excluding carboxylic acids is 1. The van der Waals surface area contributed by atoms with Crippen LogP contribution in [-0.2, 0) is 0 Å². The van der Waals surface area contributed by atoms with Crippen LogP contribution >= 0.6 is 23.1 Å². The van der Waals surface area contributed by atoms with Crippen molar-refractivity contribution in [3.63, 3.8) is 0 Å². The molecule has 1 heterocycles. The van der Waals surface area contributed by atoms with Crippen LogP contribution in [0.15, 0.2) is 47.4 Å². The third-order valence-corrected chi connectivity index (χ3v) is 6.63. The second kappa shape index (κ2) is 8.75. The SMILES string of the molecule is CSc1ccc([N+](=O)[O-])c(C(=O)NC(C)c2sc(-c3ccc(C)cc3)nc2C)c1. The van der Waals surface area contributed by atoms with Gasteiger partial charge in [0.05, 0.1) is 21.5 Å². The van der Waals surface area contributed by atoms with E-state index in [-0.39, 0.29) is 17.3 Å². The van der Waals surface area contributed by atoms with Gasteiger partial charge in [-0.15, -0.1) is 23.1 Å². The molecule has 8 heteroatoms. The lowest BCUT2D eigenvalue weighted by Crippen LogP contribution is -2.27. The molecule has 6 nitrogen and oxygen atoms in total. The molecule has 2 aromatic carbocycles. The summed E-state index contributed by atoms with van der Waals surface area (Å²) in [6.45, 7) is 5.80. The molecule has 0 saturated carbocycles. The molecule has 1 atom stereocenters. The number of amides is 1. The molecule has 0 aliphatic carbocycles. The van der Waals surface area contributed by atoms with E-state index in [1.807, 2.05) is 51.3 Å². The molecule has 29 heavy (non-hydrogen) atoms. The second-order valence-corrected chi connectivity index (χ2v) is 8.58. The number of hydrogen-bond acceptors (Lipinski definition) is 6. The van der Waals surface area contributed by atoms with Gasteiger partial charge in [-0.3, -0.25) is 14.9 Å². The van der Waals surface area contributed by atoms with Crippen LogP contribution in [0.5, 0.6) is 0 Å². The lowest BCUT2D eigenvalue weighted by Gasteiger charge is -2.13. The fourth-order valence-electron chi connectivity index (χ4n) is 2.95. The number of nitro benzene ring substituents is 1. The number of rotatable bonds is 6. The van der Waals surface area contributed by atoms with Gasteiger partial charge in [0, 0.05) is 16.5 Å². The monoisotopic (exact) mass is 427 g/mol. The summed E-state index contributed by atoms with van der Waals surface area (Å²) in [4.78, 5) is 30.0. The van der Waals surface area contributed by atoms with Crippen LogP contribution in [0.2, 0.25) is 0 Å². The molecule has 1 aromatic heterocycles. The van der Waals surface area contributed by atoms with Crippen molar-refractivity contribution < 1.29 is 9.72 Å². The Morgan fingerprint density at radius 2 is 1.90 bits per heavy atom. The number of thioether (sulfide) groups is 1. The molecule has 0 aliphatic rings. The first-order chi connectivity index (χ1) is 13.8. The molecule has 0 radical (unpaired) electrons. The van der Waals surface area contributed by atoms with Gasteiger partial charge in [0.25, 0.3) is 11.6 Å². The van der Waals surface area contributed by atoms with Crippen molar-refractivity contribution in [2.24, 2.45) is 0 Å². The highest BCUT2D eigenvalue weighted by Crippen LogP contribution is 2.32. The maximum absolute atomic E-state index is 12.8. The van der Waals surface area contributed by atoms with Gasteiger partial charge in [-0.2, -0.15) is 0 Å². The molecule has 0 spiro atoms. The molecule has 0 saturated heterocycles. The Morgan fingerprint density at radius 3 is 2.52 bits per heavy atom. The van der Waals surface area contributed by atoms with Crippen LogP contribution < -0.4 is 5.32 Å². The Morgan fingerprint density at radius 1 is 1.21 bits per heavy atom. The fourth-order valence-corrected chi connectivity index (χ4v) is 4.47. The van der Waals surface area contributed by atoms with Crippen molar-refractivity contribution in [3.05, 3.63) is 74.3 Å². The molecule has 150 valence electrons. The standard InChI is InChI=1S/C21H21N3O3S2/c1-12-5-7-15(8-6-12)21-23-14(3)19(29-21)13(2)22-20(25)17-11-16(28-4)9-10-18(17)24(26)27/h5-11,13H,1-4H3,(H,22,25). The minimum Gasteiger partial charge on any atom is -0.344 e. The molecule has 3 rings (SSSR count). The number of nitrogens with one attached hydrogen (secondary N) is 1. The predicted octanol–water partition coefficient (Wildman–Crippen LogP) is 5.55. The average Bonchev–Trinajstić information content (AvgIpc) is 3.09. The first-order valence-electron chi connectivity index (χ1n) is 8.97. The fraction of sp³-hybridized carbons (Fsp3) is 0.238. The summed E-state index contributed by atoms with van der Waals surface area (Å²) in [5, 5.41) is 15.1. The largest absolute Gasteiger partial charge is 0.344 e. The smallest absolute Gasteiger partial charge is 0.282 e. The number of hydrogen-bond donors (Lipinski definition) is 1. The summed E-state index contributed by atoms with van der Waals surface area (Å²) in [6.07, 6.45) is 1.86. The van der Waals surface area contributed by atoms with Crippen molar-refractivity contribution >= 4 is 34.7 Å². The minimum absolute atomic E-state index is 0.0645. The van der Waals surface area contributed by atoms with Gasteiger partial charge >= 0.3 is 0 Å². The summed E-state index contributed by atoms with van der Waals surface area (Å²) in [6, 6.07) is 12.4. The molecule has 0 fully saturated rings. The van der Waals surface area contributed by atoms with E-state index in [1.54, 1.807) is 12.1 Å². The number of benzene rings is 2. The molecule has 1 amide bonds. The quantitative estimate of drug-likeness (QED) is 0.317. The van der Waals surface area contributed by atoms with Crippen LogP contribution in [0, 0.1) is 24.0 Å². The van der Waals surface area contributed by atoms with Gasteiger partial charge in [0.2, 0.25) is 0 Å². The third-order valence-electron chi connectivity index (χ3n) is 4.52. The zero-order chi connectivity index (χ0) is 21.1. The van der Waals surface area contributed by atoms with Crippen molar-refractivity contribution in [1.29, 1.82) is 0 Å². The second-order valence-electron chi connectivity index (χ2n) is 6.67. The van der Waals surface area contributed by atoms with Crippen LogP contribution in [0.4, 0.5) is 5.69 Å². The first kappa shape index (κ1) is 21.0. The Bertz CT molecular complexity index is 1060. The molecule has 0 bridgehead atoms. The highest BCUT2D eigenvalue weighted by molar-refractivity contribution is 7.98. The van der Waals surface area contributed by atoms with Crippen molar-refractivity contribution in [2.45, 2.75) is 31.7 Å². The predicted molar refractivity (Wildman–Crippen MR) is 118 cm³/mol. The highest BCUT2D eigenvalue weighted by Gasteiger charge is 2.24. The first-order valence-corrected chi connectivity index (χ1v) is 11.0. The maximum atomic E-state index is 12.8. The lowest BCUT2D eigenvalue weighted by atomic mass is 10.1. The van der Waals surface area contributed by atoms with E-state index in [0.29, 0.717) is 0 Å². The molecular formula is C21H21N3O3S2. The molecule has 1 unspecified atom stereocenters. The van der Waals surface area contributed by atoms with E-state index in [2.05, 4.69) is 10.3 Å². The van der Waals surface area contributed by atoms with Crippen LogP contribution in [0.25, 0.3) is 10.6 Å². The zero-order valence-electron chi connectivity index (χ0n) is 16.6. The molecule has 1 N–H and O–H groups in total. The molecule has 3 aromatic rings. The topological polar surface area (TPSA) is 85.1 Å². The summed E-state index contributed by atoms with van der Waals surface area (Å²) in [7, 11) is 0. The molecular weight excluding hydrogens is 406 g/mol. The van der Waals surface area contributed by atoms with Gasteiger partial charge in [-0.1, -0.05) is 29.8 Å². The average molecular weight is 428 g/mol. The summed E-state index contributed by atoms with van der Waals surface area (Å²) in [5.74, 6) is -0.468. The third kappa shape index (κ3) is 4.65. The van der Waals surface area contributed by atoms with E-state index >= 15 is 0 Å². The lowest BCUT2D eigenvalue weighted by molar-refractivity contribution is -0.385. The van der Waals surface area contributed by atoms with Crippen molar-refractivity contribution in [1.82, 2.24) is 10.3 Å². The van der Waals surface area contributed by atoms with Gasteiger partial charge < -0.3 is 5.32 Å². The number of carbonyl (C=O) groups is 1. The van der Waals surface area contributed by atoms with E-state index in [9.17, 15) is 14.9 Å². The Labute approximate surface area is 177 Å². The van der Waals surface area contributed by atoms with E-state index in [1.165, 1.54) is 34.7 Å². The van der Waals surface area contributed by atoms with Gasteiger partial charge in [0.1, 0.15) is 10.6 Å². The van der Waals surface area contributed by atoms with Crippen molar-refractivity contribution in [2.75, 3.05) is 6.26 Å². The highest BCUT2D eigenvalue weighted by atomic mass is 32.2. The maximum Gasteiger partial charge on any atom is 0.282 e. The summed E-state index contributed by atoms with van der Waals surface area (Å²) >= 11 is 2.95. The normalized spacial score (nSPS) is 11.9. The number of nitro groups is 1. The van der Waals surface area contributed by atoms with Gasteiger partial charge in [-0.05, 0) is 39.2 Å². The number of aromatic nitrogens is 1. The number of thiazole rings is 1. The van der Waals surface area contributed by atoms with E-state index in [0.717, 1.165) is 26.0 Å². The molecule has 0 aliphatic heterocycles. The minimum atomic E-state index is -0.531. The Balaban J connectivity index is 1.85. The van der Waals surface area contributed by atoms with Crippen LogP contribution in [0.3, 0.4) is 0 Å². The van der Waals surface area contributed by atoms with Gasteiger partial charge in [-0.25, -0.2) is 4.98 Å². The summed E-state index contributed by atoms with van der Waals surface area (Å²) < 4.78 is 0. The van der Waals surface area contributed by atoms with Gasteiger partial charge in [0.15, 0.2) is 0 Å². The van der Waals surface area contributed by atoms with Crippen molar-refractivity contribution in [3.8, 4) is 10.6 Å².